The third kappa shape index (κ3) is 3.36. The van der Waals surface area contributed by atoms with Crippen LogP contribution in [0.15, 0.2) is 75.9 Å². The molecule has 3 heterocycles. The zero-order valence-electron chi connectivity index (χ0n) is 17.6. The zero-order chi connectivity index (χ0) is 22.4. The summed E-state index contributed by atoms with van der Waals surface area (Å²) in [7, 11) is 1.76. The lowest BCUT2D eigenvalue weighted by Crippen LogP contribution is -2.26. The number of hydrogen-bond donors (Lipinski definition) is 0. The lowest BCUT2D eigenvalue weighted by atomic mass is 9.91. The van der Waals surface area contributed by atoms with Gasteiger partial charge in [-0.25, -0.2) is 5.01 Å². The second kappa shape index (κ2) is 8.04. The molecule has 1 aliphatic heterocycles. The van der Waals surface area contributed by atoms with Crippen molar-refractivity contribution < 1.29 is 4.79 Å². The van der Waals surface area contributed by atoms with Crippen LogP contribution in [0.3, 0.4) is 0 Å². The molecule has 7 heteroatoms. The van der Waals surface area contributed by atoms with Gasteiger partial charge < -0.3 is 4.57 Å². The molecule has 2 aromatic carbocycles. The summed E-state index contributed by atoms with van der Waals surface area (Å²) >= 11 is 7.95. The highest BCUT2D eigenvalue weighted by Crippen LogP contribution is 2.38. The largest absolute Gasteiger partial charge is 0.311 e. The first kappa shape index (κ1) is 20.7. The Hall–Kier alpha value is -3.22. The Morgan fingerprint density at radius 2 is 1.88 bits per heavy atom. The fourth-order valence-electron chi connectivity index (χ4n) is 4.35. The highest BCUT2D eigenvalue weighted by atomic mass is 35.5. The molecule has 5 nitrogen and oxygen atoms in total. The van der Waals surface area contributed by atoms with E-state index in [4.69, 9.17) is 11.6 Å². The van der Waals surface area contributed by atoms with E-state index in [0.29, 0.717) is 22.7 Å². The van der Waals surface area contributed by atoms with Crippen LogP contribution in [-0.2, 0) is 11.8 Å². The van der Waals surface area contributed by atoms with Gasteiger partial charge in [0, 0.05) is 41.2 Å². The van der Waals surface area contributed by atoms with E-state index in [0.717, 1.165) is 26.9 Å². The molecule has 2 aromatic heterocycles. The standard InChI is InChI=1S/C25H20ClN3O2S/c1-15(30)29-21(22-9-6-12-32-22)14-19(27-29)24-23(16-7-4-3-5-8-16)18-13-17(26)10-11-20(18)28(2)25(24)31/h3-13,21H,14H2,1-2H3/t21-/m1/s1. The minimum absolute atomic E-state index is 0.146. The van der Waals surface area contributed by atoms with Crippen molar-refractivity contribution in [2.45, 2.75) is 19.4 Å². The molecule has 0 saturated heterocycles. The Labute approximate surface area is 194 Å². The molecule has 0 N–H and O–H groups in total. The number of nitrogens with zero attached hydrogens (tertiary/aromatic N) is 3. The van der Waals surface area contributed by atoms with Gasteiger partial charge in [-0.2, -0.15) is 5.10 Å². The highest BCUT2D eigenvalue weighted by Gasteiger charge is 2.34. The number of aromatic nitrogens is 1. The van der Waals surface area contributed by atoms with Gasteiger partial charge >= 0.3 is 0 Å². The number of rotatable bonds is 3. The number of carbonyl (C=O) groups is 1. The van der Waals surface area contributed by atoms with Crippen LogP contribution in [0.25, 0.3) is 22.0 Å². The number of halogens is 1. The number of amides is 1. The van der Waals surface area contributed by atoms with Crippen LogP contribution in [-0.4, -0.2) is 21.2 Å². The molecule has 1 amide bonds. The van der Waals surface area contributed by atoms with Gasteiger partial charge in [-0.3, -0.25) is 9.59 Å². The van der Waals surface area contributed by atoms with Crippen LogP contribution in [0, 0.1) is 0 Å². The predicted octanol–water partition coefficient (Wildman–Crippen LogP) is 5.62. The van der Waals surface area contributed by atoms with Crippen molar-refractivity contribution in [1.82, 2.24) is 9.58 Å². The zero-order valence-corrected chi connectivity index (χ0v) is 19.2. The lowest BCUT2D eigenvalue weighted by Gasteiger charge is -2.18. The summed E-state index contributed by atoms with van der Waals surface area (Å²) in [4.78, 5) is 27.1. The third-order valence-corrected chi connectivity index (χ3v) is 7.02. The van der Waals surface area contributed by atoms with Crippen molar-refractivity contribution in [1.29, 1.82) is 0 Å². The summed E-state index contributed by atoms with van der Waals surface area (Å²) in [5.74, 6) is -0.152. The SMILES string of the molecule is CC(=O)N1N=C(c2c(-c3ccccc3)c3cc(Cl)ccc3n(C)c2=O)C[C@@H]1c1cccs1. The summed E-state index contributed by atoms with van der Waals surface area (Å²) in [6, 6.07) is 19.1. The molecular weight excluding hydrogens is 442 g/mol. The molecule has 0 fully saturated rings. The van der Waals surface area contributed by atoms with Gasteiger partial charge in [0.1, 0.15) is 0 Å². The molecule has 0 aliphatic carbocycles. The van der Waals surface area contributed by atoms with Gasteiger partial charge in [-0.05, 0) is 35.2 Å². The van der Waals surface area contributed by atoms with E-state index >= 15 is 0 Å². The van der Waals surface area contributed by atoms with Gasteiger partial charge in [0.05, 0.1) is 22.8 Å². The number of thiophene rings is 1. The van der Waals surface area contributed by atoms with Crippen molar-refractivity contribution in [3.63, 3.8) is 0 Å². The molecule has 4 aromatic rings. The second-order valence-electron chi connectivity index (χ2n) is 7.79. The summed E-state index contributed by atoms with van der Waals surface area (Å²) in [6.45, 7) is 1.50. The van der Waals surface area contributed by atoms with Crippen molar-refractivity contribution in [3.8, 4) is 11.1 Å². The molecule has 160 valence electrons. The summed E-state index contributed by atoms with van der Waals surface area (Å²) in [6.07, 6.45) is 0.473. The summed E-state index contributed by atoms with van der Waals surface area (Å²) in [5.41, 5.74) is 3.47. The monoisotopic (exact) mass is 461 g/mol. The van der Waals surface area contributed by atoms with Crippen molar-refractivity contribution >= 4 is 45.5 Å². The van der Waals surface area contributed by atoms with Crippen LogP contribution in [0.1, 0.15) is 29.8 Å². The van der Waals surface area contributed by atoms with Gasteiger partial charge in [0.2, 0.25) is 5.91 Å². The van der Waals surface area contributed by atoms with Crippen molar-refractivity contribution in [3.05, 3.63) is 91.9 Å². The number of carbonyl (C=O) groups excluding carboxylic acids is 1. The molecule has 1 atom stereocenters. The fourth-order valence-corrected chi connectivity index (χ4v) is 5.33. The molecule has 0 bridgehead atoms. The van der Waals surface area contributed by atoms with E-state index < -0.39 is 0 Å². The van der Waals surface area contributed by atoms with Gasteiger partial charge in [-0.1, -0.05) is 48.0 Å². The van der Waals surface area contributed by atoms with E-state index in [1.165, 1.54) is 11.9 Å². The topological polar surface area (TPSA) is 54.7 Å². The molecule has 32 heavy (non-hydrogen) atoms. The maximum absolute atomic E-state index is 13.7. The average Bonchev–Trinajstić information content (AvgIpc) is 3.46. The van der Waals surface area contributed by atoms with Crippen LogP contribution in [0.4, 0.5) is 0 Å². The number of hydrazone groups is 1. The van der Waals surface area contributed by atoms with E-state index in [2.05, 4.69) is 5.10 Å². The summed E-state index contributed by atoms with van der Waals surface area (Å²) in [5, 5.41) is 9.62. The van der Waals surface area contributed by atoms with Gasteiger partial charge in [0.15, 0.2) is 0 Å². The lowest BCUT2D eigenvalue weighted by molar-refractivity contribution is -0.130. The molecule has 0 radical (unpaired) electrons. The van der Waals surface area contributed by atoms with E-state index in [1.54, 1.807) is 29.0 Å². The number of pyridine rings is 1. The highest BCUT2D eigenvalue weighted by molar-refractivity contribution is 7.10. The van der Waals surface area contributed by atoms with Gasteiger partial charge in [-0.15, -0.1) is 11.3 Å². The smallest absolute Gasteiger partial charge is 0.260 e. The maximum atomic E-state index is 13.7. The second-order valence-corrected chi connectivity index (χ2v) is 9.20. The van der Waals surface area contributed by atoms with Crippen LogP contribution < -0.4 is 5.56 Å². The van der Waals surface area contributed by atoms with E-state index in [-0.39, 0.29) is 17.5 Å². The van der Waals surface area contributed by atoms with E-state index in [9.17, 15) is 9.59 Å². The van der Waals surface area contributed by atoms with Crippen LogP contribution in [0.2, 0.25) is 5.02 Å². The fraction of sp³-hybridized carbons (Fsp3) is 0.160. The van der Waals surface area contributed by atoms with Crippen molar-refractivity contribution in [2.24, 2.45) is 12.1 Å². The minimum atomic E-state index is -0.217. The Morgan fingerprint density at radius 1 is 1.09 bits per heavy atom. The first-order valence-electron chi connectivity index (χ1n) is 10.2. The first-order chi connectivity index (χ1) is 15.5. The first-order valence-corrected chi connectivity index (χ1v) is 11.5. The molecule has 5 rings (SSSR count). The third-order valence-electron chi connectivity index (χ3n) is 5.81. The predicted molar refractivity (Wildman–Crippen MR) is 130 cm³/mol. The number of benzene rings is 2. The average molecular weight is 462 g/mol. The Kier molecular flexibility index (Phi) is 5.19. The minimum Gasteiger partial charge on any atom is -0.311 e. The molecular formula is C25H20ClN3O2S. The quantitative estimate of drug-likeness (QED) is 0.397. The van der Waals surface area contributed by atoms with E-state index in [1.807, 2.05) is 60.0 Å². The Balaban J connectivity index is 1.81. The molecule has 0 unspecified atom stereocenters. The number of hydrogen-bond acceptors (Lipinski definition) is 4. The molecule has 0 spiro atoms. The summed E-state index contributed by atoms with van der Waals surface area (Å²) < 4.78 is 1.63. The van der Waals surface area contributed by atoms with Gasteiger partial charge in [0.25, 0.3) is 5.56 Å². The van der Waals surface area contributed by atoms with Crippen LogP contribution >= 0.6 is 22.9 Å². The Bertz CT molecular complexity index is 1430. The number of fused-ring (bicyclic) bond motifs is 1. The Morgan fingerprint density at radius 3 is 2.56 bits per heavy atom. The van der Waals surface area contributed by atoms with Crippen LogP contribution in [0.5, 0.6) is 0 Å². The normalized spacial score (nSPS) is 15.9. The maximum Gasteiger partial charge on any atom is 0.260 e. The molecule has 0 saturated carbocycles. The number of aryl methyl sites for hydroxylation is 1. The molecule has 1 aliphatic rings. The van der Waals surface area contributed by atoms with Crippen molar-refractivity contribution in [2.75, 3.05) is 0 Å².